The van der Waals surface area contributed by atoms with Gasteiger partial charge in [0.05, 0.1) is 6.10 Å². The molecule has 1 aliphatic heterocycles. The largest absolute Gasteiger partial charge is 0.378 e. The number of hydrogen-bond donors (Lipinski definition) is 1. The van der Waals surface area contributed by atoms with E-state index in [1.54, 1.807) is 0 Å². The van der Waals surface area contributed by atoms with E-state index < -0.39 is 0 Å². The molecule has 0 aliphatic carbocycles. The van der Waals surface area contributed by atoms with E-state index in [2.05, 4.69) is 39.9 Å². The van der Waals surface area contributed by atoms with Crippen molar-refractivity contribution in [3.63, 3.8) is 0 Å². The zero-order valence-electron chi connectivity index (χ0n) is 14.1. The summed E-state index contributed by atoms with van der Waals surface area (Å²) in [5, 5.41) is 3.50. The number of aromatic nitrogens is 2. The number of rotatable bonds is 6. The van der Waals surface area contributed by atoms with Crippen molar-refractivity contribution in [2.24, 2.45) is 0 Å². The Kier molecular flexibility index (Phi) is 5.71. The van der Waals surface area contributed by atoms with Crippen molar-refractivity contribution in [2.75, 3.05) is 13.2 Å². The molecule has 0 spiro atoms. The van der Waals surface area contributed by atoms with Crippen LogP contribution in [0.15, 0.2) is 0 Å². The van der Waals surface area contributed by atoms with Crippen LogP contribution in [0.3, 0.4) is 0 Å². The van der Waals surface area contributed by atoms with Crippen molar-refractivity contribution in [1.29, 1.82) is 0 Å². The zero-order chi connectivity index (χ0) is 15.4. The van der Waals surface area contributed by atoms with Gasteiger partial charge in [0, 0.05) is 37.0 Å². The molecule has 0 bridgehead atoms. The van der Waals surface area contributed by atoms with E-state index in [9.17, 15) is 0 Å². The molecule has 2 atom stereocenters. The normalized spacial score (nSPS) is 20.2. The maximum absolute atomic E-state index is 5.69. The molecule has 1 N–H and O–H groups in total. The van der Waals surface area contributed by atoms with Gasteiger partial charge in [-0.3, -0.25) is 0 Å². The molecule has 1 aliphatic rings. The van der Waals surface area contributed by atoms with Gasteiger partial charge in [-0.25, -0.2) is 9.97 Å². The summed E-state index contributed by atoms with van der Waals surface area (Å²) >= 11 is 0. The molecule has 21 heavy (non-hydrogen) atoms. The van der Waals surface area contributed by atoms with Crippen molar-refractivity contribution < 1.29 is 4.74 Å². The lowest BCUT2D eigenvalue weighted by Crippen LogP contribution is -2.28. The summed E-state index contributed by atoms with van der Waals surface area (Å²) in [5.74, 6) is 1.37. The van der Waals surface area contributed by atoms with Crippen LogP contribution in [0.5, 0.6) is 0 Å². The van der Waals surface area contributed by atoms with Gasteiger partial charge in [0.25, 0.3) is 0 Å². The van der Waals surface area contributed by atoms with Gasteiger partial charge in [-0.1, -0.05) is 20.8 Å². The first kappa shape index (κ1) is 16.4. The van der Waals surface area contributed by atoms with Crippen LogP contribution in [0.2, 0.25) is 0 Å². The Morgan fingerprint density at radius 3 is 2.38 bits per heavy atom. The summed E-state index contributed by atoms with van der Waals surface area (Å²) in [4.78, 5) is 9.45. The van der Waals surface area contributed by atoms with E-state index in [-0.39, 0.29) is 0 Å². The van der Waals surface area contributed by atoms with E-state index in [4.69, 9.17) is 14.7 Å². The lowest BCUT2D eigenvalue weighted by Gasteiger charge is -2.19. The first-order chi connectivity index (χ1) is 9.97. The fraction of sp³-hybridized carbons (Fsp3) is 0.765. The summed E-state index contributed by atoms with van der Waals surface area (Å²) < 4.78 is 5.69. The Labute approximate surface area is 128 Å². The SMILES string of the molecule is Cc1nc(CC2CCCO2)nc(C)c1C(C)CNC(C)C. The standard InChI is InChI=1S/C17H29N3O/c1-11(2)18-10-12(3)17-13(4)19-16(20-14(17)5)9-15-7-6-8-21-15/h11-12,15,18H,6-10H2,1-5H3. The Bertz CT molecular complexity index is 444. The molecule has 0 aromatic carbocycles. The molecular weight excluding hydrogens is 262 g/mol. The molecule has 0 radical (unpaired) electrons. The van der Waals surface area contributed by atoms with Crippen molar-refractivity contribution in [1.82, 2.24) is 15.3 Å². The third-order valence-electron chi connectivity index (χ3n) is 4.13. The zero-order valence-corrected chi connectivity index (χ0v) is 14.1. The average Bonchev–Trinajstić information content (AvgIpc) is 2.88. The average molecular weight is 291 g/mol. The number of ether oxygens (including phenoxy) is 1. The summed E-state index contributed by atoms with van der Waals surface area (Å²) in [6.45, 7) is 12.7. The summed E-state index contributed by atoms with van der Waals surface area (Å²) in [6.07, 6.45) is 3.46. The minimum absolute atomic E-state index is 0.315. The number of aryl methyl sites for hydroxylation is 2. The van der Waals surface area contributed by atoms with Gasteiger partial charge in [0.15, 0.2) is 0 Å². The second-order valence-electron chi connectivity index (χ2n) is 6.53. The van der Waals surface area contributed by atoms with Crippen molar-refractivity contribution in [3.05, 3.63) is 22.8 Å². The van der Waals surface area contributed by atoms with Gasteiger partial charge < -0.3 is 10.1 Å². The van der Waals surface area contributed by atoms with Crippen LogP contribution < -0.4 is 5.32 Å². The van der Waals surface area contributed by atoms with Crippen LogP contribution in [-0.2, 0) is 11.2 Å². The molecular formula is C17H29N3O. The van der Waals surface area contributed by atoms with Crippen LogP contribution in [0.1, 0.15) is 62.3 Å². The van der Waals surface area contributed by atoms with E-state index in [0.717, 1.165) is 43.2 Å². The molecule has 2 rings (SSSR count). The minimum Gasteiger partial charge on any atom is -0.378 e. The van der Waals surface area contributed by atoms with Crippen LogP contribution in [0.4, 0.5) is 0 Å². The van der Waals surface area contributed by atoms with Gasteiger partial charge in [0.1, 0.15) is 5.82 Å². The highest BCUT2D eigenvalue weighted by atomic mass is 16.5. The van der Waals surface area contributed by atoms with Gasteiger partial charge in [-0.05, 0) is 38.2 Å². The van der Waals surface area contributed by atoms with Crippen LogP contribution in [-0.4, -0.2) is 35.3 Å². The molecule has 1 fully saturated rings. The van der Waals surface area contributed by atoms with Crippen LogP contribution >= 0.6 is 0 Å². The quantitative estimate of drug-likeness (QED) is 0.875. The van der Waals surface area contributed by atoms with Crippen molar-refractivity contribution in [2.45, 2.75) is 71.9 Å². The maximum Gasteiger partial charge on any atom is 0.131 e. The fourth-order valence-corrected chi connectivity index (χ4v) is 3.12. The Hall–Kier alpha value is -1.00. The van der Waals surface area contributed by atoms with Crippen LogP contribution in [0, 0.1) is 13.8 Å². The van der Waals surface area contributed by atoms with Gasteiger partial charge in [-0.15, -0.1) is 0 Å². The maximum atomic E-state index is 5.69. The number of nitrogens with zero attached hydrogens (tertiary/aromatic N) is 2. The van der Waals surface area contributed by atoms with E-state index in [0.29, 0.717) is 18.1 Å². The molecule has 118 valence electrons. The molecule has 0 saturated carbocycles. The molecule has 4 nitrogen and oxygen atoms in total. The van der Waals surface area contributed by atoms with Gasteiger partial charge in [-0.2, -0.15) is 0 Å². The van der Waals surface area contributed by atoms with Crippen molar-refractivity contribution in [3.8, 4) is 0 Å². The minimum atomic E-state index is 0.315. The monoisotopic (exact) mass is 291 g/mol. The Morgan fingerprint density at radius 1 is 1.19 bits per heavy atom. The summed E-state index contributed by atoms with van der Waals surface area (Å²) in [6, 6.07) is 0.507. The Morgan fingerprint density at radius 2 is 1.86 bits per heavy atom. The second-order valence-corrected chi connectivity index (χ2v) is 6.53. The molecule has 1 aromatic heterocycles. The second kappa shape index (κ2) is 7.32. The lowest BCUT2D eigenvalue weighted by molar-refractivity contribution is 0.110. The topological polar surface area (TPSA) is 47.0 Å². The predicted molar refractivity (Wildman–Crippen MR) is 85.7 cm³/mol. The first-order valence-corrected chi connectivity index (χ1v) is 8.16. The predicted octanol–water partition coefficient (Wildman–Crippen LogP) is 2.92. The molecule has 1 aromatic rings. The van der Waals surface area contributed by atoms with Gasteiger partial charge in [0.2, 0.25) is 0 Å². The first-order valence-electron chi connectivity index (χ1n) is 8.16. The van der Waals surface area contributed by atoms with E-state index in [1.165, 1.54) is 12.0 Å². The molecule has 1 saturated heterocycles. The van der Waals surface area contributed by atoms with E-state index >= 15 is 0 Å². The highest BCUT2D eigenvalue weighted by Crippen LogP contribution is 2.22. The molecule has 2 unspecified atom stereocenters. The highest BCUT2D eigenvalue weighted by Gasteiger charge is 2.20. The third-order valence-corrected chi connectivity index (χ3v) is 4.13. The van der Waals surface area contributed by atoms with Gasteiger partial charge >= 0.3 is 0 Å². The number of hydrogen-bond acceptors (Lipinski definition) is 4. The van der Waals surface area contributed by atoms with E-state index in [1.807, 2.05) is 0 Å². The molecule has 4 heteroatoms. The molecule has 0 amide bonds. The summed E-state index contributed by atoms with van der Waals surface area (Å²) in [7, 11) is 0. The van der Waals surface area contributed by atoms with Crippen molar-refractivity contribution >= 4 is 0 Å². The van der Waals surface area contributed by atoms with Crippen LogP contribution in [0.25, 0.3) is 0 Å². The summed E-state index contributed by atoms with van der Waals surface area (Å²) in [5.41, 5.74) is 3.53. The number of nitrogens with one attached hydrogen (secondary N) is 1. The molecule has 2 heterocycles. The Balaban J connectivity index is 2.08. The highest BCUT2D eigenvalue weighted by molar-refractivity contribution is 5.28. The fourth-order valence-electron chi connectivity index (χ4n) is 3.12. The smallest absolute Gasteiger partial charge is 0.131 e. The lowest BCUT2D eigenvalue weighted by atomic mass is 9.97. The third kappa shape index (κ3) is 4.48.